The average Bonchev–Trinajstić information content (AvgIpc) is 2.82. The summed E-state index contributed by atoms with van der Waals surface area (Å²) < 4.78 is 0. The number of rotatable bonds is 0. The Kier molecular flexibility index (Phi) is 3.26. The van der Waals surface area contributed by atoms with Gasteiger partial charge >= 0.3 is 0 Å². The Morgan fingerprint density at radius 2 is 1.95 bits per heavy atom. The molecule has 120 valence electrons. The molecule has 0 spiro atoms. The van der Waals surface area contributed by atoms with E-state index in [0.29, 0.717) is 17.8 Å². The van der Waals surface area contributed by atoms with E-state index < -0.39 is 0 Å². The van der Waals surface area contributed by atoms with Gasteiger partial charge in [0.1, 0.15) is 0 Å². The molecule has 0 aromatic rings. The van der Waals surface area contributed by atoms with Gasteiger partial charge in [0.2, 0.25) is 0 Å². The van der Waals surface area contributed by atoms with E-state index in [1.165, 1.54) is 5.57 Å². The number of terminal acetylenes is 1. The fourth-order valence-corrected chi connectivity index (χ4v) is 6.53. The molecule has 0 aliphatic heterocycles. The van der Waals surface area contributed by atoms with Crippen molar-refractivity contribution >= 4 is 0 Å². The zero-order valence-electron chi connectivity index (χ0n) is 13.6. The van der Waals surface area contributed by atoms with E-state index in [2.05, 4.69) is 18.9 Å². The topological polar surface area (TPSA) is 40.5 Å². The van der Waals surface area contributed by atoms with Gasteiger partial charge in [-0.15, -0.1) is 6.42 Å². The molecule has 2 heteroatoms. The summed E-state index contributed by atoms with van der Waals surface area (Å²) in [4.78, 5) is 0. The van der Waals surface area contributed by atoms with Crippen molar-refractivity contribution in [3.63, 3.8) is 0 Å². The minimum absolute atomic E-state index is 0.100. The molecule has 0 radical (unpaired) electrons. The van der Waals surface area contributed by atoms with E-state index in [1.807, 2.05) is 0 Å². The van der Waals surface area contributed by atoms with Gasteiger partial charge in [-0.3, -0.25) is 0 Å². The molecule has 0 aromatic carbocycles. The summed E-state index contributed by atoms with van der Waals surface area (Å²) in [5.74, 6) is 5.02. The second kappa shape index (κ2) is 4.86. The third-order valence-corrected chi connectivity index (χ3v) is 7.81. The van der Waals surface area contributed by atoms with Crippen molar-refractivity contribution in [3.05, 3.63) is 11.6 Å². The number of fused-ring (bicyclic) bond motifs is 5. The van der Waals surface area contributed by atoms with Gasteiger partial charge in [0, 0.05) is 0 Å². The summed E-state index contributed by atoms with van der Waals surface area (Å²) >= 11 is 0. The van der Waals surface area contributed by atoms with Crippen molar-refractivity contribution in [1.29, 1.82) is 0 Å². The Bertz CT molecular complexity index is 544. The van der Waals surface area contributed by atoms with Crippen LogP contribution in [0.4, 0.5) is 0 Å². The van der Waals surface area contributed by atoms with Crippen LogP contribution in [0.5, 0.6) is 0 Å². The molecule has 4 rings (SSSR count). The number of allylic oxidation sites excluding steroid dienone is 1. The van der Waals surface area contributed by atoms with Gasteiger partial charge in [-0.1, -0.05) is 24.5 Å². The van der Waals surface area contributed by atoms with Crippen molar-refractivity contribution in [1.82, 2.24) is 0 Å². The SMILES string of the molecule is C#C[C@]12CC[C@H](O)CC1=CC[C@H]1[C@@H]3CC[C@H](O)[C@@]3(C)CC[C@@H]12. The highest BCUT2D eigenvalue weighted by molar-refractivity contribution is 5.34. The Labute approximate surface area is 134 Å². The van der Waals surface area contributed by atoms with Crippen molar-refractivity contribution in [2.24, 2.45) is 28.6 Å². The molecule has 0 bridgehead atoms. The summed E-state index contributed by atoms with van der Waals surface area (Å²) in [6.45, 7) is 2.30. The van der Waals surface area contributed by atoms with Gasteiger partial charge < -0.3 is 10.2 Å². The second-order valence-electron chi connectivity index (χ2n) is 8.49. The van der Waals surface area contributed by atoms with Gasteiger partial charge in [-0.25, -0.2) is 0 Å². The minimum Gasteiger partial charge on any atom is -0.393 e. The van der Waals surface area contributed by atoms with Crippen molar-refractivity contribution in [3.8, 4) is 12.3 Å². The smallest absolute Gasteiger partial charge is 0.0596 e. The summed E-state index contributed by atoms with van der Waals surface area (Å²) in [5, 5.41) is 20.5. The zero-order chi connectivity index (χ0) is 15.5. The van der Waals surface area contributed by atoms with Crippen LogP contribution in [0.25, 0.3) is 0 Å². The van der Waals surface area contributed by atoms with Crippen LogP contribution < -0.4 is 0 Å². The molecule has 0 saturated heterocycles. The quantitative estimate of drug-likeness (QED) is 0.532. The molecule has 7 atom stereocenters. The van der Waals surface area contributed by atoms with Gasteiger partial charge in [-0.2, -0.15) is 0 Å². The standard InChI is InChI=1S/C20H28O2/c1-3-20-11-8-14(21)12-13(20)4-5-15-16-6-7-18(22)19(16,2)10-9-17(15)20/h1,4,14-18,21-22H,5-12H2,2H3/t14-,15-,16-,17-,18-,19-,20-/m0/s1. The molecule has 2 nitrogen and oxygen atoms in total. The highest BCUT2D eigenvalue weighted by atomic mass is 16.3. The van der Waals surface area contributed by atoms with Crippen LogP contribution in [0.2, 0.25) is 0 Å². The molecular formula is C20H28O2. The Hall–Kier alpha value is -0.780. The Balaban J connectivity index is 1.72. The zero-order valence-corrected chi connectivity index (χ0v) is 13.6. The van der Waals surface area contributed by atoms with E-state index in [9.17, 15) is 10.2 Å². The van der Waals surface area contributed by atoms with E-state index in [1.54, 1.807) is 0 Å². The van der Waals surface area contributed by atoms with E-state index >= 15 is 0 Å². The molecule has 3 fully saturated rings. The Morgan fingerprint density at radius 3 is 2.73 bits per heavy atom. The number of aliphatic hydroxyl groups is 2. The molecule has 0 amide bonds. The lowest BCUT2D eigenvalue weighted by atomic mass is 9.47. The molecule has 2 N–H and O–H groups in total. The summed E-state index contributed by atoms with van der Waals surface area (Å²) in [5.41, 5.74) is 1.35. The van der Waals surface area contributed by atoms with Gasteiger partial charge in [0.15, 0.2) is 0 Å². The number of hydrogen-bond acceptors (Lipinski definition) is 2. The molecule has 0 heterocycles. The van der Waals surface area contributed by atoms with Crippen molar-refractivity contribution in [2.45, 2.75) is 70.5 Å². The van der Waals surface area contributed by atoms with Crippen LogP contribution in [0.3, 0.4) is 0 Å². The maximum absolute atomic E-state index is 10.5. The van der Waals surface area contributed by atoms with Crippen LogP contribution in [0.1, 0.15) is 58.3 Å². The van der Waals surface area contributed by atoms with Crippen molar-refractivity contribution in [2.75, 3.05) is 0 Å². The van der Waals surface area contributed by atoms with Gasteiger partial charge in [0.25, 0.3) is 0 Å². The lowest BCUT2D eigenvalue weighted by Gasteiger charge is -2.56. The van der Waals surface area contributed by atoms with Crippen molar-refractivity contribution < 1.29 is 10.2 Å². The third kappa shape index (κ3) is 1.76. The summed E-state index contributed by atoms with van der Waals surface area (Å²) in [6, 6.07) is 0. The fourth-order valence-electron chi connectivity index (χ4n) is 6.53. The lowest BCUT2D eigenvalue weighted by Crippen LogP contribution is -2.51. The summed E-state index contributed by atoms with van der Waals surface area (Å²) in [6.07, 6.45) is 16.2. The predicted molar refractivity (Wildman–Crippen MR) is 86.9 cm³/mol. The fraction of sp³-hybridized carbons (Fsp3) is 0.800. The highest BCUT2D eigenvalue weighted by Crippen LogP contribution is 2.64. The monoisotopic (exact) mass is 300 g/mol. The normalized spacial score (nSPS) is 53.7. The largest absolute Gasteiger partial charge is 0.393 e. The summed E-state index contributed by atoms with van der Waals surface area (Å²) in [7, 11) is 0. The molecule has 22 heavy (non-hydrogen) atoms. The average molecular weight is 300 g/mol. The molecule has 0 aromatic heterocycles. The van der Waals surface area contributed by atoms with Crippen LogP contribution in [0.15, 0.2) is 11.6 Å². The van der Waals surface area contributed by atoms with Crippen LogP contribution in [-0.2, 0) is 0 Å². The first-order chi connectivity index (χ1) is 10.5. The minimum atomic E-state index is -0.202. The first-order valence-electron chi connectivity index (χ1n) is 9.04. The Morgan fingerprint density at radius 1 is 1.14 bits per heavy atom. The van der Waals surface area contributed by atoms with Gasteiger partial charge in [0.05, 0.1) is 17.6 Å². The molecule has 4 aliphatic carbocycles. The van der Waals surface area contributed by atoms with E-state index in [4.69, 9.17) is 6.42 Å². The molecule has 4 aliphatic rings. The predicted octanol–water partition coefficient (Wildman–Crippen LogP) is 3.28. The van der Waals surface area contributed by atoms with Crippen LogP contribution in [0, 0.1) is 40.9 Å². The van der Waals surface area contributed by atoms with E-state index in [0.717, 1.165) is 51.4 Å². The van der Waals surface area contributed by atoms with Crippen LogP contribution >= 0.6 is 0 Å². The van der Waals surface area contributed by atoms with Crippen LogP contribution in [-0.4, -0.2) is 22.4 Å². The molecule has 3 saturated carbocycles. The molecular weight excluding hydrogens is 272 g/mol. The first-order valence-corrected chi connectivity index (χ1v) is 9.04. The second-order valence-corrected chi connectivity index (χ2v) is 8.49. The van der Waals surface area contributed by atoms with E-state index in [-0.39, 0.29) is 23.0 Å². The maximum Gasteiger partial charge on any atom is 0.0596 e. The highest BCUT2D eigenvalue weighted by Gasteiger charge is 2.59. The number of aliphatic hydroxyl groups excluding tert-OH is 2. The third-order valence-electron chi connectivity index (χ3n) is 7.81. The number of hydrogen-bond donors (Lipinski definition) is 2. The molecule has 0 unspecified atom stereocenters. The maximum atomic E-state index is 10.5. The first kappa shape index (κ1) is 14.8. The van der Waals surface area contributed by atoms with Gasteiger partial charge in [-0.05, 0) is 74.5 Å². The lowest BCUT2D eigenvalue weighted by molar-refractivity contribution is -0.0622.